The normalized spacial score (nSPS) is 10.2. The molecule has 1 amide bonds. The Hall–Kier alpha value is -1.71. The van der Waals surface area contributed by atoms with Gasteiger partial charge in [-0.3, -0.25) is 9.59 Å². The molecule has 0 radical (unpaired) electrons. The van der Waals surface area contributed by atoms with Crippen LogP contribution >= 0.6 is 0 Å². The van der Waals surface area contributed by atoms with Crippen LogP contribution in [-0.4, -0.2) is 30.2 Å². The van der Waals surface area contributed by atoms with Crippen molar-refractivity contribution in [2.45, 2.75) is 26.2 Å². The summed E-state index contributed by atoms with van der Waals surface area (Å²) in [6.07, 6.45) is 2.24. The van der Waals surface area contributed by atoms with Crippen molar-refractivity contribution < 1.29 is 14.0 Å². The van der Waals surface area contributed by atoms with E-state index in [9.17, 15) is 14.0 Å². The van der Waals surface area contributed by atoms with Crippen LogP contribution < -0.4 is 0 Å². The number of likely N-dealkylation sites (N-methyl/N-ethyl adjacent to an activating group) is 1. The van der Waals surface area contributed by atoms with E-state index >= 15 is 0 Å². The van der Waals surface area contributed by atoms with Crippen molar-refractivity contribution in [3.63, 3.8) is 0 Å². The molecule has 0 unspecified atom stereocenters. The lowest BCUT2D eigenvalue weighted by Gasteiger charge is -2.16. The second-order valence-electron chi connectivity index (χ2n) is 4.28. The maximum atomic E-state index is 12.7. The van der Waals surface area contributed by atoms with Crippen LogP contribution in [0.3, 0.4) is 0 Å². The number of unbranched alkanes of at least 4 members (excludes halogenated alkanes) is 1. The largest absolute Gasteiger partial charge is 0.338 e. The molecule has 3 nitrogen and oxygen atoms in total. The third-order valence-corrected chi connectivity index (χ3v) is 2.72. The zero-order valence-corrected chi connectivity index (χ0v) is 10.8. The molecule has 1 rings (SSSR count). The minimum Gasteiger partial charge on any atom is -0.338 e. The van der Waals surface area contributed by atoms with Gasteiger partial charge in [0.2, 0.25) is 5.91 Å². The first-order valence-electron chi connectivity index (χ1n) is 6.07. The zero-order chi connectivity index (χ0) is 13.5. The van der Waals surface area contributed by atoms with Crippen LogP contribution in [0.5, 0.6) is 0 Å². The molecule has 0 fully saturated rings. The van der Waals surface area contributed by atoms with E-state index in [1.165, 1.54) is 29.2 Å². The van der Waals surface area contributed by atoms with Crippen molar-refractivity contribution in [1.82, 2.24) is 4.90 Å². The molecule has 1 aromatic carbocycles. The Morgan fingerprint density at radius 3 is 2.39 bits per heavy atom. The van der Waals surface area contributed by atoms with Crippen molar-refractivity contribution in [2.75, 3.05) is 13.6 Å². The zero-order valence-electron chi connectivity index (χ0n) is 10.8. The van der Waals surface area contributed by atoms with E-state index in [-0.39, 0.29) is 24.1 Å². The molecule has 4 heteroatoms. The molecular formula is C14H18FNO2. The molecule has 0 N–H and O–H groups in total. The molecule has 0 saturated carbocycles. The summed E-state index contributed by atoms with van der Waals surface area (Å²) in [6.45, 7) is 2.05. The van der Waals surface area contributed by atoms with Crippen LogP contribution in [0, 0.1) is 5.82 Å². The number of carbonyl (C=O) groups excluding carboxylic acids is 2. The summed E-state index contributed by atoms with van der Waals surface area (Å²) in [5, 5.41) is 0. The SMILES string of the molecule is CCCCC(=O)N(C)CC(=O)c1ccc(F)cc1. The van der Waals surface area contributed by atoms with Gasteiger partial charge in [0.25, 0.3) is 0 Å². The topological polar surface area (TPSA) is 37.4 Å². The van der Waals surface area contributed by atoms with Crippen LogP contribution in [0.2, 0.25) is 0 Å². The highest BCUT2D eigenvalue weighted by atomic mass is 19.1. The van der Waals surface area contributed by atoms with Gasteiger partial charge < -0.3 is 4.90 Å². The Morgan fingerprint density at radius 2 is 1.83 bits per heavy atom. The van der Waals surface area contributed by atoms with E-state index in [0.717, 1.165) is 12.8 Å². The van der Waals surface area contributed by atoms with E-state index in [2.05, 4.69) is 0 Å². The third-order valence-electron chi connectivity index (χ3n) is 2.72. The lowest BCUT2D eigenvalue weighted by atomic mass is 10.1. The third kappa shape index (κ3) is 4.28. The van der Waals surface area contributed by atoms with Gasteiger partial charge in [-0.05, 0) is 30.7 Å². The van der Waals surface area contributed by atoms with Gasteiger partial charge in [0, 0.05) is 19.0 Å². The standard InChI is InChI=1S/C14H18FNO2/c1-3-4-5-14(18)16(2)10-13(17)11-6-8-12(15)9-7-11/h6-9H,3-5,10H2,1-2H3. The number of ketones is 1. The second-order valence-corrected chi connectivity index (χ2v) is 4.28. The maximum absolute atomic E-state index is 12.7. The van der Waals surface area contributed by atoms with E-state index in [1.807, 2.05) is 6.92 Å². The van der Waals surface area contributed by atoms with E-state index in [4.69, 9.17) is 0 Å². The van der Waals surface area contributed by atoms with Crippen LogP contribution in [0.1, 0.15) is 36.5 Å². The van der Waals surface area contributed by atoms with Crippen LogP contribution in [0.25, 0.3) is 0 Å². The van der Waals surface area contributed by atoms with Crippen LogP contribution in [-0.2, 0) is 4.79 Å². The maximum Gasteiger partial charge on any atom is 0.222 e. The fourth-order valence-electron chi connectivity index (χ4n) is 1.55. The molecule has 0 saturated heterocycles. The Bertz CT molecular complexity index is 414. The molecule has 0 atom stereocenters. The van der Waals surface area contributed by atoms with Crippen LogP contribution in [0.15, 0.2) is 24.3 Å². The van der Waals surface area contributed by atoms with Gasteiger partial charge in [0.15, 0.2) is 5.78 Å². The summed E-state index contributed by atoms with van der Waals surface area (Å²) < 4.78 is 12.7. The first kappa shape index (κ1) is 14.4. The molecular weight excluding hydrogens is 233 g/mol. The average molecular weight is 251 g/mol. The van der Waals surface area contributed by atoms with Gasteiger partial charge in [-0.1, -0.05) is 13.3 Å². The lowest BCUT2D eigenvalue weighted by Crippen LogP contribution is -2.31. The fraction of sp³-hybridized carbons (Fsp3) is 0.429. The quantitative estimate of drug-likeness (QED) is 0.729. The minimum absolute atomic E-state index is 0.0349. The summed E-state index contributed by atoms with van der Waals surface area (Å²) in [6, 6.07) is 5.35. The molecule has 0 spiro atoms. The molecule has 0 heterocycles. The number of rotatable bonds is 6. The second kappa shape index (κ2) is 6.89. The average Bonchev–Trinajstić information content (AvgIpc) is 2.36. The molecule has 1 aromatic rings. The predicted molar refractivity (Wildman–Crippen MR) is 67.9 cm³/mol. The molecule has 98 valence electrons. The monoisotopic (exact) mass is 251 g/mol. The van der Waals surface area contributed by atoms with Gasteiger partial charge in [-0.25, -0.2) is 4.39 Å². The predicted octanol–water partition coefficient (Wildman–Crippen LogP) is 2.66. The van der Waals surface area contributed by atoms with Crippen molar-refractivity contribution in [1.29, 1.82) is 0 Å². The van der Waals surface area contributed by atoms with Crippen LogP contribution in [0.4, 0.5) is 4.39 Å². The van der Waals surface area contributed by atoms with Crippen molar-refractivity contribution in [3.8, 4) is 0 Å². The molecule has 18 heavy (non-hydrogen) atoms. The molecule has 0 aliphatic heterocycles. The Morgan fingerprint density at radius 1 is 1.22 bits per heavy atom. The first-order chi connectivity index (χ1) is 8.54. The molecule has 0 aliphatic rings. The highest BCUT2D eigenvalue weighted by Gasteiger charge is 2.13. The smallest absolute Gasteiger partial charge is 0.222 e. The number of hydrogen-bond donors (Lipinski definition) is 0. The minimum atomic E-state index is -0.376. The fourth-order valence-corrected chi connectivity index (χ4v) is 1.55. The lowest BCUT2D eigenvalue weighted by molar-refractivity contribution is -0.129. The van der Waals surface area contributed by atoms with Crippen molar-refractivity contribution >= 4 is 11.7 Å². The van der Waals surface area contributed by atoms with E-state index < -0.39 is 0 Å². The van der Waals surface area contributed by atoms with E-state index in [0.29, 0.717) is 12.0 Å². The summed E-state index contributed by atoms with van der Waals surface area (Å²) in [4.78, 5) is 24.9. The number of hydrogen-bond acceptors (Lipinski definition) is 2. The Labute approximate surface area is 107 Å². The number of halogens is 1. The summed E-state index contributed by atoms with van der Waals surface area (Å²) in [7, 11) is 1.61. The van der Waals surface area contributed by atoms with Crippen molar-refractivity contribution in [2.24, 2.45) is 0 Å². The molecule has 0 bridgehead atoms. The number of carbonyl (C=O) groups is 2. The van der Waals surface area contributed by atoms with Crippen molar-refractivity contribution in [3.05, 3.63) is 35.6 Å². The Balaban J connectivity index is 2.53. The number of Topliss-reactive ketones (excluding diaryl/α,β-unsaturated/α-hetero) is 1. The number of benzene rings is 1. The number of amides is 1. The van der Waals surface area contributed by atoms with Gasteiger partial charge in [-0.15, -0.1) is 0 Å². The molecule has 0 aromatic heterocycles. The first-order valence-corrected chi connectivity index (χ1v) is 6.07. The van der Waals surface area contributed by atoms with Gasteiger partial charge in [0.05, 0.1) is 6.54 Å². The summed E-state index contributed by atoms with van der Waals surface area (Å²) in [5.41, 5.74) is 0.423. The highest BCUT2D eigenvalue weighted by molar-refractivity contribution is 5.99. The summed E-state index contributed by atoms with van der Waals surface area (Å²) >= 11 is 0. The number of nitrogens with zero attached hydrogens (tertiary/aromatic N) is 1. The van der Waals surface area contributed by atoms with Gasteiger partial charge >= 0.3 is 0 Å². The van der Waals surface area contributed by atoms with Gasteiger partial charge in [-0.2, -0.15) is 0 Å². The highest BCUT2D eigenvalue weighted by Crippen LogP contribution is 2.06. The Kier molecular flexibility index (Phi) is 5.49. The van der Waals surface area contributed by atoms with E-state index in [1.54, 1.807) is 7.05 Å². The molecule has 0 aliphatic carbocycles. The summed E-state index contributed by atoms with van der Waals surface area (Å²) in [5.74, 6) is -0.589. The van der Waals surface area contributed by atoms with Gasteiger partial charge in [0.1, 0.15) is 5.82 Å².